The maximum Gasteiger partial charge on any atom is 0.220 e. The van der Waals surface area contributed by atoms with Crippen molar-refractivity contribution in [2.75, 3.05) is 6.54 Å². The number of amides is 1. The van der Waals surface area contributed by atoms with Crippen LogP contribution >= 0.6 is 0 Å². The van der Waals surface area contributed by atoms with Crippen LogP contribution in [0.15, 0.2) is 0 Å². The van der Waals surface area contributed by atoms with Crippen molar-refractivity contribution in [1.82, 2.24) is 5.32 Å². The molecule has 0 aromatic heterocycles. The first-order valence-corrected chi connectivity index (χ1v) is 6.23. The molecule has 0 heterocycles. The van der Waals surface area contributed by atoms with Crippen molar-refractivity contribution >= 4 is 5.91 Å². The maximum absolute atomic E-state index is 11.6. The molecule has 1 saturated carbocycles. The Balaban J connectivity index is 2.07. The standard InChI is InChI=1S/C12H24N2O/c1-10-6-5-7-11(10)14-12(15)8-3-2-4-9-13/h10-11H,2-9,13H2,1H3,(H,14,15). The quantitative estimate of drug-likeness (QED) is 0.660. The lowest BCUT2D eigenvalue weighted by molar-refractivity contribution is -0.122. The molecule has 3 N–H and O–H groups in total. The molecule has 1 rings (SSSR count). The summed E-state index contributed by atoms with van der Waals surface area (Å²) in [5.74, 6) is 0.892. The van der Waals surface area contributed by atoms with Gasteiger partial charge in [-0.15, -0.1) is 0 Å². The monoisotopic (exact) mass is 212 g/mol. The molecule has 15 heavy (non-hydrogen) atoms. The van der Waals surface area contributed by atoms with Crippen LogP contribution in [0.4, 0.5) is 0 Å². The number of rotatable bonds is 6. The van der Waals surface area contributed by atoms with Gasteiger partial charge in [0.05, 0.1) is 0 Å². The smallest absolute Gasteiger partial charge is 0.220 e. The molecule has 0 aromatic carbocycles. The average molecular weight is 212 g/mol. The van der Waals surface area contributed by atoms with Crippen molar-refractivity contribution in [3.63, 3.8) is 0 Å². The van der Waals surface area contributed by atoms with Gasteiger partial charge in [-0.3, -0.25) is 4.79 Å². The second-order valence-corrected chi connectivity index (χ2v) is 4.68. The lowest BCUT2D eigenvalue weighted by Crippen LogP contribution is -2.36. The zero-order valence-electron chi connectivity index (χ0n) is 9.80. The van der Waals surface area contributed by atoms with Crippen LogP contribution in [0.3, 0.4) is 0 Å². The topological polar surface area (TPSA) is 55.1 Å². The van der Waals surface area contributed by atoms with Gasteiger partial charge in [0, 0.05) is 12.5 Å². The zero-order valence-corrected chi connectivity index (χ0v) is 9.80. The van der Waals surface area contributed by atoms with Crippen molar-refractivity contribution in [3.05, 3.63) is 0 Å². The van der Waals surface area contributed by atoms with E-state index in [1.54, 1.807) is 0 Å². The van der Waals surface area contributed by atoms with Gasteiger partial charge in [0.1, 0.15) is 0 Å². The Hall–Kier alpha value is -0.570. The molecule has 1 amide bonds. The number of unbranched alkanes of at least 4 members (excludes halogenated alkanes) is 2. The average Bonchev–Trinajstić information content (AvgIpc) is 2.59. The van der Waals surface area contributed by atoms with Crippen LogP contribution in [0.5, 0.6) is 0 Å². The summed E-state index contributed by atoms with van der Waals surface area (Å²) in [6, 6.07) is 0.437. The van der Waals surface area contributed by atoms with E-state index in [1.165, 1.54) is 12.8 Å². The van der Waals surface area contributed by atoms with E-state index >= 15 is 0 Å². The Morgan fingerprint density at radius 2 is 2.13 bits per heavy atom. The fraction of sp³-hybridized carbons (Fsp3) is 0.917. The lowest BCUT2D eigenvalue weighted by atomic mass is 10.1. The molecule has 0 aliphatic heterocycles. The summed E-state index contributed by atoms with van der Waals surface area (Å²) >= 11 is 0. The van der Waals surface area contributed by atoms with E-state index in [0.717, 1.165) is 32.2 Å². The van der Waals surface area contributed by atoms with Crippen molar-refractivity contribution in [3.8, 4) is 0 Å². The molecule has 1 aliphatic carbocycles. The second-order valence-electron chi connectivity index (χ2n) is 4.68. The van der Waals surface area contributed by atoms with Gasteiger partial charge in [-0.1, -0.05) is 19.8 Å². The Bertz CT molecular complexity index is 194. The molecular formula is C12H24N2O. The molecule has 3 heteroatoms. The van der Waals surface area contributed by atoms with E-state index in [0.29, 0.717) is 18.4 Å². The van der Waals surface area contributed by atoms with E-state index in [9.17, 15) is 4.79 Å². The summed E-state index contributed by atoms with van der Waals surface area (Å²) in [7, 11) is 0. The summed E-state index contributed by atoms with van der Waals surface area (Å²) in [5, 5.41) is 3.14. The van der Waals surface area contributed by atoms with Gasteiger partial charge in [-0.2, -0.15) is 0 Å². The van der Waals surface area contributed by atoms with E-state index in [2.05, 4.69) is 12.2 Å². The highest BCUT2D eigenvalue weighted by Crippen LogP contribution is 2.24. The first-order valence-electron chi connectivity index (χ1n) is 6.23. The van der Waals surface area contributed by atoms with Crippen LogP contribution in [0, 0.1) is 5.92 Å². The fourth-order valence-corrected chi connectivity index (χ4v) is 2.25. The molecule has 0 radical (unpaired) electrons. The predicted octanol–water partition coefficient (Wildman–Crippen LogP) is 1.81. The largest absolute Gasteiger partial charge is 0.353 e. The van der Waals surface area contributed by atoms with Crippen LogP contribution in [-0.2, 0) is 4.79 Å². The van der Waals surface area contributed by atoms with Crippen LogP contribution in [0.2, 0.25) is 0 Å². The SMILES string of the molecule is CC1CCCC1NC(=O)CCCCCN. The van der Waals surface area contributed by atoms with E-state index in [4.69, 9.17) is 5.73 Å². The molecule has 2 unspecified atom stereocenters. The van der Waals surface area contributed by atoms with Gasteiger partial charge in [0.15, 0.2) is 0 Å². The van der Waals surface area contributed by atoms with Crippen molar-refractivity contribution in [2.24, 2.45) is 11.7 Å². The first kappa shape index (κ1) is 12.5. The summed E-state index contributed by atoms with van der Waals surface area (Å²) in [6.07, 6.45) is 7.44. The molecule has 3 nitrogen and oxygen atoms in total. The van der Waals surface area contributed by atoms with Gasteiger partial charge >= 0.3 is 0 Å². The molecule has 2 atom stereocenters. The van der Waals surface area contributed by atoms with Crippen LogP contribution < -0.4 is 11.1 Å². The summed E-state index contributed by atoms with van der Waals surface area (Å²) in [5.41, 5.74) is 5.40. The number of carbonyl (C=O) groups is 1. The molecule has 0 aromatic rings. The normalized spacial score (nSPS) is 25.5. The Labute approximate surface area is 92.8 Å². The highest BCUT2D eigenvalue weighted by Gasteiger charge is 2.24. The summed E-state index contributed by atoms with van der Waals surface area (Å²) in [6.45, 7) is 2.97. The highest BCUT2D eigenvalue weighted by molar-refractivity contribution is 5.76. The van der Waals surface area contributed by atoms with Crippen molar-refractivity contribution < 1.29 is 4.79 Å². The number of hydrogen-bond donors (Lipinski definition) is 2. The predicted molar refractivity (Wildman–Crippen MR) is 62.5 cm³/mol. The number of carbonyl (C=O) groups excluding carboxylic acids is 1. The fourth-order valence-electron chi connectivity index (χ4n) is 2.25. The minimum Gasteiger partial charge on any atom is -0.353 e. The number of hydrogen-bond acceptors (Lipinski definition) is 2. The van der Waals surface area contributed by atoms with Crippen molar-refractivity contribution in [2.45, 2.75) is 57.9 Å². The summed E-state index contributed by atoms with van der Waals surface area (Å²) < 4.78 is 0. The van der Waals surface area contributed by atoms with Gasteiger partial charge in [-0.05, 0) is 38.1 Å². The van der Waals surface area contributed by atoms with E-state index < -0.39 is 0 Å². The van der Waals surface area contributed by atoms with Crippen LogP contribution in [0.1, 0.15) is 51.9 Å². The zero-order chi connectivity index (χ0) is 11.1. The van der Waals surface area contributed by atoms with Gasteiger partial charge in [-0.25, -0.2) is 0 Å². The van der Waals surface area contributed by atoms with Gasteiger partial charge < -0.3 is 11.1 Å². The molecule has 0 spiro atoms. The maximum atomic E-state index is 11.6. The van der Waals surface area contributed by atoms with Crippen LogP contribution in [0.25, 0.3) is 0 Å². The Kier molecular flexibility index (Phi) is 5.69. The third-order valence-corrected chi connectivity index (χ3v) is 3.32. The Morgan fingerprint density at radius 3 is 2.73 bits per heavy atom. The highest BCUT2D eigenvalue weighted by atomic mass is 16.1. The van der Waals surface area contributed by atoms with E-state index in [-0.39, 0.29) is 5.91 Å². The first-order chi connectivity index (χ1) is 7.24. The third-order valence-electron chi connectivity index (χ3n) is 3.32. The van der Waals surface area contributed by atoms with Crippen molar-refractivity contribution in [1.29, 1.82) is 0 Å². The molecule has 1 fully saturated rings. The van der Waals surface area contributed by atoms with Gasteiger partial charge in [0.25, 0.3) is 0 Å². The second kappa shape index (κ2) is 6.83. The molecule has 0 saturated heterocycles. The number of nitrogens with one attached hydrogen (secondary N) is 1. The molecule has 88 valence electrons. The molecule has 1 aliphatic rings. The third kappa shape index (κ3) is 4.65. The van der Waals surface area contributed by atoms with Crippen LogP contribution in [-0.4, -0.2) is 18.5 Å². The lowest BCUT2D eigenvalue weighted by Gasteiger charge is -2.17. The Morgan fingerprint density at radius 1 is 1.33 bits per heavy atom. The molecular weight excluding hydrogens is 188 g/mol. The van der Waals surface area contributed by atoms with E-state index in [1.807, 2.05) is 0 Å². The minimum absolute atomic E-state index is 0.228. The minimum atomic E-state index is 0.228. The summed E-state index contributed by atoms with van der Waals surface area (Å²) in [4.78, 5) is 11.6. The molecule has 0 bridgehead atoms. The van der Waals surface area contributed by atoms with Gasteiger partial charge in [0.2, 0.25) is 5.91 Å². The number of nitrogens with two attached hydrogens (primary N) is 1.